The number of pyridine rings is 1. The van der Waals surface area contributed by atoms with Crippen molar-refractivity contribution in [2.24, 2.45) is 0 Å². The fourth-order valence-electron chi connectivity index (χ4n) is 2.28. The van der Waals surface area contributed by atoms with E-state index in [1.165, 1.54) is 6.07 Å². The number of aliphatic hydroxyl groups excluding tert-OH is 1. The molecule has 0 bridgehead atoms. The maximum Gasteiger partial charge on any atom is 0.130 e. The number of aromatic nitrogens is 1. The Morgan fingerprint density at radius 3 is 2.60 bits per heavy atom. The summed E-state index contributed by atoms with van der Waals surface area (Å²) in [6.45, 7) is 0. The summed E-state index contributed by atoms with van der Waals surface area (Å²) in [5.41, 5.74) is 1.50. The molecule has 0 spiro atoms. The molecule has 1 aromatic heterocycles. The molecule has 0 aliphatic rings. The van der Waals surface area contributed by atoms with Gasteiger partial charge in [0.25, 0.3) is 0 Å². The van der Waals surface area contributed by atoms with Gasteiger partial charge in [0.05, 0.1) is 5.52 Å². The average Bonchev–Trinajstić information content (AvgIpc) is 2.46. The number of para-hydroxylation sites is 1. The molecule has 0 amide bonds. The molecule has 4 heteroatoms. The van der Waals surface area contributed by atoms with Crippen LogP contribution in [0.3, 0.4) is 0 Å². The van der Waals surface area contributed by atoms with E-state index in [0.717, 1.165) is 5.39 Å². The highest BCUT2D eigenvalue weighted by Crippen LogP contribution is 2.33. The lowest BCUT2D eigenvalue weighted by Gasteiger charge is -2.15. The number of halogens is 2. The van der Waals surface area contributed by atoms with E-state index < -0.39 is 11.9 Å². The van der Waals surface area contributed by atoms with Crippen molar-refractivity contribution in [2.45, 2.75) is 6.10 Å². The number of nitrogens with zero attached hydrogens (tertiary/aromatic N) is 1. The van der Waals surface area contributed by atoms with Gasteiger partial charge in [-0.15, -0.1) is 0 Å². The van der Waals surface area contributed by atoms with Gasteiger partial charge in [0, 0.05) is 27.2 Å². The van der Waals surface area contributed by atoms with Crippen LogP contribution in [0, 0.1) is 5.82 Å². The standard InChI is InChI=1S/C16H11BrFNO/c17-12-7-2-8-13(18)14(12)16(20)11-6-1-4-10-5-3-9-19-15(10)11/h1-9,16,20H. The average molecular weight is 332 g/mol. The Kier molecular flexibility index (Phi) is 3.51. The highest BCUT2D eigenvalue weighted by Gasteiger charge is 2.20. The maximum absolute atomic E-state index is 14.0. The van der Waals surface area contributed by atoms with Crippen molar-refractivity contribution in [3.05, 3.63) is 76.1 Å². The Labute approximate surface area is 124 Å². The molecule has 1 unspecified atom stereocenters. The Morgan fingerprint density at radius 2 is 1.80 bits per heavy atom. The minimum Gasteiger partial charge on any atom is -0.383 e. The number of rotatable bonds is 2. The molecule has 1 atom stereocenters. The predicted molar refractivity (Wildman–Crippen MR) is 79.9 cm³/mol. The lowest BCUT2D eigenvalue weighted by atomic mass is 9.98. The number of aliphatic hydroxyl groups is 1. The highest BCUT2D eigenvalue weighted by molar-refractivity contribution is 9.10. The van der Waals surface area contributed by atoms with Crippen LogP contribution in [0.2, 0.25) is 0 Å². The first-order valence-electron chi connectivity index (χ1n) is 6.14. The monoisotopic (exact) mass is 331 g/mol. The summed E-state index contributed by atoms with van der Waals surface area (Å²) in [6.07, 6.45) is 0.596. The van der Waals surface area contributed by atoms with Crippen molar-refractivity contribution >= 4 is 26.8 Å². The molecule has 20 heavy (non-hydrogen) atoms. The summed E-state index contributed by atoms with van der Waals surface area (Å²) in [5, 5.41) is 11.5. The molecule has 1 N–H and O–H groups in total. The van der Waals surface area contributed by atoms with Gasteiger partial charge in [0.2, 0.25) is 0 Å². The number of fused-ring (bicyclic) bond motifs is 1. The summed E-state index contributed by atoms with van der Waals surface area (Å²) in [7, 11) is 0. The molecule has 0 saturated heterocycles. The minimum absolute atomic E-state index is 0.227. The van der Waals surface area contributed by atoms with E-state index in [0.29, 0.717) is 15.6 Å². The van der Waals surface area contributed by atoms with Gasteiger partial charge in [0.1, 0.15) is 11.9 Å². The Bertz CT molecular complexity index is 750. The number of hydrogen-bond donors (Lipinski definition) is 1. The van der Waals surface area contributed by atoms with Gasteiger partial charge in [-0.3, -0.25) is 4.98 Å². The smallest absolute Gasteiger partial charge is 0.130 e. The molecular weight excluding hydrogens is 321 g/mol. The number of hydrogen-bond acceptors (Lipinski definition) is 2. The van der Waals surface area contributed by atoms with E-state index in [2.05, 4.69) is 20.9 Å². The van der Waals surface area contributed by atoms with Crippen LogP contribution < -0.4 is 0 Å². The van der Waals surface area contributed by atoms with Gasteiger partial charge in [-0.05, 0) is 18.2 Å². The van der Waals surface area contributed by atoms with E-state index in [4.69, 9.17) is 0 Å². The van der Waals surface area contributed by atoms with Crippen molar-refractivity contribution in [1.82, 2.24) is 4.98 Å². The molecule has 0 fully saturated rings. The SMILES string of the molecule is OC(c1c(F)cccc1Br)c1cccc2cccnc12. The molecule has 1 heterocycles. The van der Waals surface area contributed by atoms with Crippen LogP contribution in [0.1, 0.15) is 17.2 Å². The molecule has 0 aliphatic carbocycles. The fraction of sp³-hybridized carbons (Fsp3) is 0.0625. The second-order valence-corrected chi connectivity index (χ2v) is 5.31. The van der Waals surface area contributed by atoms with Gasteiger partial charge in [-0.25, -0.2) is 4.39 Å². The molecule has 100 valence electrons. The third kappa shape index (κ3) is 2.21. The molecule has 0 radical (unpaired) electrons. The summed E-state index contributed by atoms with van der Waals surface area (Å²) in [4.78, 5) is 4.29. The van der Waals surface area contributed by atoms with E-state index in [1.54, 1.807) is 24.4 Å². The zero-order valence-electron chi connectivity index (χ0n) is 10.4. The third-order valence-electron chi connectivity index (χ3n) is 3.23. The van der Waals surface area contributed by atoms with Gasteiger partial charge in [-0.2, -0.15) is 0 Å². The summed E-state index contributed by atoms with van der Waals surface area (Å²) >= 11 is 3.29. The van der Waals surface area contributed by atoms with E-state index in [-0.39, 0.29) is 5.56 Å². The fourth-order valence-corrected chi connectivity index (χ4v) is 2.83. The zero-order valence-corrected chi connectivity index (χ0v) is 12.0. The Balaban J connectivity index is 2.21. The van der Waals surface area contributed by atoms with Gasteiger partial charge in [0.15, 0.2) is 0 Å². The highest BCUT2D eigenvalue weighted by atomic mass is 79.9. The van der Waals surface area contributed by atoms with Crippen molar-refractivity contribution in [2.75, 3.05) is 0 Å². The topological polar surface area (TPSA) is 33.1 Å². The first-order chi connectivity index (χ1) is 9.68. The van der Waals surface area contributed by atoms with Gasteiger partial charge < -0.3 is 5.11 Å². The molecule has 0 aliphatic heterocycles. The van der Waals surface area contributed by atoms with E-state index in [1.807, 2.05) is 24.3 Å². The minimum atomic E-state index is -1.07. The second-order valence-electron chi connectivity index (χ2n) is 4.46. The zero-order chi connectivity index (χ0) is 14.1. The van der Waals surface area contributed by atoms with Crippen molar-refractivity contribution in [3.8, 4) is 0 Å². The van der Waals surface area contributed by atoms with Crippen LogP contribution in [0.4, 0.5) is 4.39 Å². The van der Waals surface area contributed by atoms with Gasteiger partial charge >= 0.3 is 0 Å². The van der Waals surface area contributed by atoms with E-state index in [9.17, 15) is 9.50 Å². The van der Waals surface area contributed by atoms with Crippen LogP contribution >= 0.6 is 15.9 Å². The van der Waals surface area contributed by atoms with E-state index >= 15 is 0 Å². The first kappa shape index (κ1) is 13.2. The molecule has 0 saturated carbocycles. The van der Waals surface area contributed by atoms with Crippen molar-refractivity contribution in [1.29, 1.82) is 0 Å². The maximum atomic E-state index is 14.0. The predicted octanol–water partition coefficient (Wildman–Crippen LogP) is 4.22. The summed E-state index contributed by atoms with van der Waals surface area (Å²) in [5.74, 6) is -0.445. The van der Waals surface area contributed by atoms with Gasteiger partial charge in [-0.1, -0.05) is 46.3 Å². The molecule has 3 rings (SSSR count). The molecule has 2 aromatic carbocycles. The normalized spacial score (nSPS) is 12.6. The molecular formula is C16H11BrFNO. The number of benzene rings is 2. The third-order valence-corrected chi connectivity index (χ3v) is 3.92. The summed E-state index contributed by atoms with van der Waals surface area (Å²) in [6, 6.07) is 13.9. The van der Waals surface area contributed by atoms with Crippen LogP contribution in [0.25, 0.3) is 10.9 Å². The van der Waals surface area contributed by atoms with Crippen molar-refractivity contribution in [3.63, 3.8) is 0 Å². The Morgan fingerprint density at radius 1 is 1.05 bits per heavy atom. The van der Waals surface area contributed by atoms with Crippen LogP contribution in [0.5, 0.6) is 0 Å². The second kappa shape index (κ2) is 5.31. The largest absolute Gasteiger partial charge is 0.383 e. The van der Waals surface area contributed by atoms with Crippen LogP contribution in [0.15, 0.2) is 59.2 Å². The van der Waals surface area contributed by atoms with Crippen LogP contribution in [-0.4, -0.2) is 10.1 Å². The molecule has 3 aromatic rings. The van der Waals surface area contributed by atoms with Crippen molar-refractivity contribution < 1.29 is 9.50 Å². The molecule has 2 nitrogen and oxygen atoms in total. The lowest BCUT2D eigenvalue weighted by molar-refractivity contribution is 0.215. The quantitative estimate of drug-likeness (QED) is 0.762. The van der Waals surface area contributed by atoms with Crippen LogP contribution in [-0.2, 0) is 0 Å². The first-order valence-corrected chi connectivity index (χ1v) is 6.93. The Hall–Kier alpha value is -1.78. The summed E-state index contributed by atoms with van der Waals surface area (Å²) < 4.78 is 14.5. The lowest BCUT2D eigenvalue weighted by Crippen LogP contribution is -2.05.